The Labute approximate surface area is 158 Å². The van der Waals surface area contributed by atoms with E-state index in [-0.39, 0.29) is 10.5 Å². The number of nitrogens with zero attached hydrogens (tertiary/aromatic N) is 1. The summed E-state index contributed by atoms with van der Waals surface area (Å²) in [5.74, 6) is 0. The Kier molecular flexibility index (Phi) is 11.9. The van der Waals surface area contributed by atoms with Gasteiger partial charge in [0.25, 0.3) is 0 Å². The van der Waals surface area contributed by atoms with Crippen LogP contribution >= 0.6 is 0 Å². The van der Waals surface area contributed by atoms with Crippen molar-refractivity contribution in [2.75, 3.05) is 13.1 Å². The van der Waals surface area contributed by atoms with Crippen LogP contribution in [-0.4, -0.2) is 21.2 Å². The Morgan fingerprint density at radius 3 is 1.56 bits per heavy atom. The smallest absolute Gasteiger partial charge is 0.0773 e. The standard InChI is InChI=1S/C21H45N3Si/c1-6-12-20(13-7-2,14-8-3)21(19-24,15-17-23)25(9-4,10-5)18-11-16-22/h6-18,22-23H2,1-5H3. The molecular formula is C21H45N3Si. The molecule has 0 aliphatic carbocycles. The maximum Gasteiger partial charge on any atom is 0.0773 e. The Bertz CT molecular complexity index is 370. The van der Waals surface area contributed by atoms with Crippen molar-refractivity contribution in [1.29, 1.82) is 5.26 Å². The SMILES string of the molecule is CCCC(CCC)(CCC)C(C#N)(CCN)[Si](CC)(CC)CCCN. The number of nitrogens with two attached hydrogens (primary N) is 2. The minimum atomic E-state index is -1.83. The Morgan fingerprint density at radius 1 is 0.800 bits per heavy atom. The molecule has 0 aliphatic rings. The fraction of sp³-hybridized carbons (Fsp3) is 0.952. The lowest BCUT2D eigenvalue weighted by Crippen LogP contribution is -2.56. The van der Waals surface area contributed by atoms with Gasteiger partial charge < -0.3 is 11.5 Å². The van der Waals surface area contributed by atoms with E-state index in [4.69, 9.17) is 11.5 Å². The van der Waals surface area contributed by atoms with Crippen molar-refractivity contribution in [1.82, 2.24) is 0 Å². The first-order valence-corrected chi connectivity index (χ1v) is 13.4. The van der Waals surface area contributed by atoms with Gasteiger partial charge in [-0.2, -0.15) is 5.26 Å². The number of hydrogen-bond donors (Lipinski definition) is 2. The highest BCUT2D eigenvalue weighted by atomic mass is 28.3. The molecule has 0 saturated heterocycles. The van der Waals surface area contributed by atoms with Crippen molar-refractivity contribution in [2.24, 2.45) is 16.9 Å². The van der Waals surface area contributed by atoms with Gasteiger partial charge in [-0.1, -0.05) is 72.0 Å². The van der Waals surface area contributed by atoms with Gasteiger partial charge in [-0.05, 0) is 50.6 Å². The molecule has 0 aromatic rings. The average Bonchev–Trinajstić information content (AvgIpc) is 2.62. The molecular weight excluding hydrogens is 322 g/mol. The Hall–Kier alpha value is -0.373. The summed E-state index contributed by atoms with van der Waals surface area (Å²) < 4.78 is 0. The van der Waals surface area contributed by atoms with E-state index in [1.54, 1.807) is 0 Å². The summed E-state index contributed by atoms with van der Waals surface area (Å²) in [6, 6.07) is 6.54. The van der Waals surface area contributed by atoms with E-state index in [1.165, 1.54) is 37.4 Å². The number of rotatable bonds is 15. The average molecular weight is 368 g/mol. The van der Waals surface area contributed by atoms with Crippen LogP contribution in [0, 0.1) is 16.7 Å². The second kappa shape index (κ2) is 12.1. The first-order valence-electron chi connectivity index (χ1n) is 10.8. The monoisotopic (exact) mass is 367 g/mol. The second-order valence-electron chi connectivity index (χ2n) is 7.97. The van der Waals surface area contributed by atoms with Crippen molar-refractivity contribution in [3.63, 3.8) is 0 Å². The minimum Gasteiger partial charge on any atom is -0.330 e. The van der Waals surface area contributed by atoms with Crippen LogP contribution in [0.3, 0.4) is 0 Å². The zero-order valence-electron chi connectivity index (χ0n) is 17.8. The van der Waals surface area contributed by atoms with Gasteiger partial charge in [-0.25, -0.2) is 0 Å². The number of hydrogen-bond acceptors (Lipinski definition) is 3. The van der Waals surface area contributed by atoms with Gasteiger partial charge >= 0.3 is 0 Å². The molecule has 148 valence electrons. The summed E-state index contributed by atoms with van der Waals surface area (Å²) in [5, 5.41) is 10.5. The lowest BCUT2D eigenvalue weighted by molar-refractivity contribution is 0.143. The summed E-state index contributed by atoms with van der Waals surface area (Å²) in [4.78, 5) is 0. The maximum atomic E-state index is 10.7. The molecule has 1 unspecified atom stereocenters. The fourth-order valence-corrected chi connectivity index (χ4v) is 12.0. The van der Waals surface area contributed by atoms with Gasteiger partial charge in [-0.15, -0.1) is 0 Å². The van der Waals surface area contributed by atoms with Gasteiger partial charge in [0.1, 0.15) is 0 Å². The van der Waals surface area contributed by atoms with Gasteiger partial charge in [0, 0.05) is 0 Å². The molecule has 4 N–H and O–H groups in total. The lowest BCUT2D eigenvalue weighted by atomic mass is 9.65. The van der Waals surface area contributed by atoms with Gasteiger partial charge in [0.2, 0.25) is 0 Å². The molecule has 0 bridgehead atoms. The summed E-state index contributed by atoms with van der Waals surface area (Å²) in [6.07, 6.45) is 8.90. The molecule has 0 saturated carbocycles. The largest absolute Gasteiger partial charge is 0.330 e. The lowest BCUT2D eigenvalue weighted by Gasteiger charge is -2.57. The first-order chi connectivity index (χ1) is 12.0. The number of nitriles is 1. The van der Waals surface area contributed by atoms with E-state index in [0.717, 1.165) is 38.6 Å². The molecule has 0 heterocycles. The summed E-state index contributed by atoms with van der Waals surface area (Å²) in [7, 11) is -1.83. The second-order valence-corrected chi connectivity index (χ2v) is 13.3. The predicted molar refractivity (Wildman–Crippen MR) is 114 cm³/mol. The molecule has 0 aromatic heterocycles. The molecule has 25 heavy (non-hydrogen) atoms. The zero-order valence-corrected chi connectivity index (χ0v) is 18.8. The minimum absolute atomic E-state index is 0.131. The summed E-state index contributed by atoms with van der Waals surface area (Å²) in [5.41, 5.74) is 12.2. The molecule has 0 rings (SSSR count). The van der Waals surface area contributed by atoms with Crippen LogP contribution in [-0.2, 0) is 0 Å². The van der Waals surface area contributed by atoms with Crippen LogP contribution < -0.4 is 11.5 Å². The normalized spacial score (nSPS) is 15.0. The zero-order chi connectivity index (χ0) is 19.4. The van der Waals surface area contributed by atoms with E-state index in [0.29, 0.717) is 6.54 Å². The van der Waals surface area contributed by atoms with Crippen molar-refractivity contribution in [3.8, 4) is 6.07 Å². The van der Waals surface area contributed by atoms with E-state index in [9.17, 15) is 5.26 Å². The quantitative estimate of drug-likeness (QED) is 0.358. The summed E-state index contributed by atoms with van der Waals surface area (Å²) in [6.45, 7) is 12.9. The van der Waals surface area contributed by atoms with Crippen molar-refractivity contribution in [3.05, 3.63) is 0 Å². The van der Waals surface area contributed by atoms with Gasteiger partial charge in [0.15, 0.2) is 0 Å². The topological polar surface area (TPSA) is 75.8 Å². The van der Waals surface area contributed by atoms with Crippen molar-refractivity contribution >= 4 is 8.07 Å². The third kappa shape index (κ3) is 4.87. The molecule has 0 fully saturated rings. The third-order valence-corrected chi connectivity index (χ3v) is 13.6. The highest BCUT2D eigenvalue weighted by Crippen LogP contribution is 2.64. The molecule has 1 atom stereocenters. The Morgan fingerprint density at radius 2 is 1.28 bits per heavy atom. The van der Waals surface area contributed by atoms with E-state index >= 15 is 0 Å². The molecule has 0 radical (unpaired) electrons. The van der Waals surface area contributed by atoms with Gasteiger partial charge in [0.05, 0.1) is 19.2 Å². The van der Waals surface area contributed by atoms with Crippen LogP contribution in [0.25, 0.3) is 0 Å². The highest BCUT2D eigenvalue weighted by molar-refractivity contribution is 6.83. The van der Waals surface area contributed by atoms with E-state index in [1.807, 2.05) is 0 Å². The third-order valence-electron chi connectivity index (χ3n) is 6.92. The summed E-state index contributed by atoms with van der Waals surface area (Å²) >= 11 is 0. The molecule has 0 aliphatic heterocycles. The van der Waals surface area contributed by atoms with Crippen LogP contribution in [0.4, 0.5) is 0 Å². The molecule has 0 spiro atoms. The molecule has 0 aromatic carbocycles. The van der Waals surface area contributed by atoms with Crippen molar-refractivity contribution < 1.29 is 0 Å². The fourth-order valence-electron chi connectivity index (χ4n) is 5.91. The van der Waals surface area contributed by atoms with Gasteiger partial charge in [-0.3, -0.25) is 0 Å². The van der Waals surface area contributed by atoms with Crippen LogP contribution in [0.1, 0.15) is 86.0 Å². The van der Waals surface area contributed by atoms with E-state index in [2.05, 4.69) is 40.7 Å². The van der Waals surface area contributed by atoms with Crippen LogP contribution in [0.2, 0.25) is 23.2 Å². The molecule has 3 nitrogen and oxygen atoms in total. The van der Waals surface area contributed by atoms with Crippen LogP contribution in [0.15, 0.2) is 0 Å². The maximum absolute atomic E-state index is 10.7. The Balaban J connectivity index is 6.56. The first kappa shape index (κ1) is 24.6. The van der Waals surface area contributed by atoms with E-state index < -0.39 is 8.07 Å². The van der Waals surface area contributed by atoms with Crippen LogP contribution in [0.5, 0.6) is 0 Å². The highest BCUT2D eigenvalue weighted by Gasteiger charge is 2.60. The predicted octanol–water partition coefficient (Wildman–Crippen LogP) is 5.82. The molecule has 0 amide bonds. The molecule has 4 heteroatoms. The van der Waals surface area contributed by atoms with Crippen molar-refractivity contribution in [2.45, 2.75) is 109 Å².